The Morgan fingerprint density at radius 2 is 1.77 bits per heavy atom. The molecule has 0 heterocycles. The Bertz CT molecular complexity index is 770. The SMILES string of the molecule is NC(=NN=Cc1ccccc1OC(F)(F)C(F)F)SCc1ccccc1. The van der Waals surface area contributed by atoms with E-state index >= 15 is 0 Å². The largest absolute Gasteiger partial charge is 0.461 e. The van der Waals surface area contributed by atoms with Crippen LogP contribution in [0.5, 0.6) is 5.75 Å². The zero-order valence-electron chi connectivity index (χ0n) is 13.4. The first-order valence-corrected chi connectivity index (χ1v) is 8.34. The number of halogens is 4. The van der Waals surface area contributed by atoms with Crippen molar-refractivity contribution in [2.24, 2.45) is 15.9 Å². The molecule has 0 aliphatic rings. The van der Waals surface area contributed by atoms with Gasteiger partial charge in [-0.1, -0.05) is 54.2 Å². The van der Waals surface area contributed by atoms with Crippen LogP contribution in [0.2, 0.25) is 0 Å². The van der Waals surface area contributed by atoms with Crippen molar-refractivity contribution >= 4 is 23.1 Å². The Kier molecular flexibility index (Phi) is 7.02. The predicted octanol–water partition coefficient (Wildman–Crippen LogP) is 4.51. The Labute approximate surface area is 151 Å². The molecule has 0 amide bonds. The lowest BCUT2D eigenvalue weighted by atomic mass is 10.2. The van der Waals surface area contributed by atoms with Crippen LogP contribution in [0, 0.1) is 0 Å². The summed E-state index contributed by atoms with van der Waals surface area (Å²) in [6.45, 7) is 0. The monoisotopic (exact) mass is 385 g/mol. The number of nitrogens with zero attached hydrogens (tertiary/aromatic N) is 2. The highest BCUT2D eigenvalue weighted by Gasteiger charge is 2.44. The minimum atomic E-state index is -4.60. The minimum absolute atomic E-state index is 0.0671. The van der Waals surface area contributed by atoms with Gasteiger partial charge in [-0.3, -0.25) is 0 Å². The number of para-hydroxylation sites is 1. The molecule has 0 radical (unpaired) electrons. The van der Waals surface area contributed by atoms with Crippen LogP contribution in [0.4, 0.5) is 17.6 Å². The van der Waals surface area contributed by atoms with Gasteiger partial charge in [0.05, 0.1) is 6.21 Å². The predicted molar refractivity (Wildman–Crippen MR) is 95.0 cm³/mol. The molecule has 26 heavy (non-hydrogen) atoms. The fourth-order valence-electron chi connectivity index (χ4n) is 1.78. The first-order valence-electron chi connectivity index (χ1n) is 7.35. The zero-order chi connectivity index (χ0) is 19.0. The van der Waals surface area contributed by atoms with Crippen molar-refractivity contribution in [2.45, 2.75) is 18.3 Å². The molecular weight excluding hydrogens is 370 g/mol. The van der Waals surface area contributed by atoms with Gasteiger partial charge in [-0.15, -0.1) is 5.10 Å². The standard InChI is InChI=1S/C17H15F4N3OS/c18-15(19)17(20,21)25-14-9-5-4-8-13(14)10-23-24-16(22)26-11-12-6-2-1-3-7-12/h1-10,15H,11H2,(H2,22,24). The van der Waals surface area contributed by atoms with Crippen LogP contribution in [-0.4, -0.2) is 23.9 Å². The first-order chi connectivity index (χ1) is 12.4. The second-order valence-corrected chi connectivity index (χ2v) is 5.96. The molecule has 9 heteroatoms. The summed E-state index contributed by atoms with van der Waals surface area (Å²) < 4.78 is 54.7. The second-order valence-electron chi connectivity index (χ2n) is 4.96. The van der Waals surface area contributed by atoms with Gasteiger partial charge in [0.15, 0.2) is 5.17 Å². The molecule has 0 aliphatic carbocycles. The summed E-state index contributed by atoms with van der Waals surface area (Å²) in [5.41, 5.74) is 6.83. The summed E-state index contributed by atoms with van der Waals surface area (Å²) >= 11 is 1.25. The average Bonchev–Trinajstić information content (AvgIpc) is 2.62. The normalized spacial score (nSPS) is 12.7. The molecule has 0 fully saturated rings. The lowest BCUT2D eigenvalue weighted by molar-refractivity contribution is -0.253. The molecular formula is C17H15F4N3OS. The van der Waals surface area contributed by atoms with Gasteiger partial charge < -0.3 is 10.5 Å². The average molecular weight is 385 g/mol. The van der Waals surface area contributed by atoms with Crippen molar-refractivity contribution in [1.29, 1.82) is 0 Å². The molecule has 2 aromatic carbocycles. The van der Waals surface area contributed by atoms with E-state index in [1.807, 2.05) is 30.3 Å². The van der Waals surface area contributed by atoms with Gasteiger partial charge in [-0.25, -0.2) is 0 Å². The van der Waals surface area contributed by atoms with Crippen molar-refractivity contribution in [1.82, 2.24) is 0 Å². The van der Waals surface area contributed by atoms with E-state index in [1.165, 1.54) is 30.0 Å². The van der Waals surface area contributed by atoms with Gasteiger partial charge in [0.25, 0.3) is 0 Å². The number of benzene rings is 2. The van der Waals surface area contributed by atoms with Gasteiger partial charge in [0, 0.05) is 11.3 Å². The molecule has 2 rings (SSSR count). The van der Waals surface area contributed by atoms with Crippen molar-refractivity contribution in [2.75, 3.05) is 0 Å². The van der Waals surface area contributed by atoms with E-state index in [4.69, 9.17) is 5.73 Å². The lowest BCUT2D eigenvalue weighted by Crippen LogP contribution is -2.33. The molecule has 0 unspecified atom stereocenters. The van der Waals surface area contributed by atoms with Gasteiger partial charge in [0.2, 0.25) is 0 Å². The van der Waals surface area contributed by atoms with Crippen LogP contribution in [0.25, 0.3) is 0 Å². The number of alkyl halides is 4. The molecule has 0 atom stereocenters. The maximum atomic E-state index is 13.1. The fourth-order valence-corrected chi connectivity index (χ4v) is 2.39. The number of thioether (sulfide) groups is 1. The Morgan fingerprint density at radius 3 is 2.46 bits per heavy atom. The third-order valence-electron chi connectivity index (χ3n) is 3.00. The maximum Gasteiger partial charge on any atom is 0.461 e. The molecule has 0 bridgehead atoms. The Balaban J connectivity index is 2.01. The van der Waals surface area contributed by atoms with Crippen LogP contribution < -0.4 is 10.5 Å². The number of nitrogens with two attached hydrogens (primary N) is 1. The van der Waals surface area contributed by atoms with E-state index in [0.29, 0.717) is 5.75 Å². The van der Waals surface area contributed by atoms with Crippen molar-refractivity contribution in [3.63, 3.8) is 0 Å². The van der Waals surface area contributed by atoms with E-state index in [2.05, 4.69) is 14.9 Å². The van der Waals surface area contributed by atoms with Crippen LogP contribution in [0.15, 0.2) is 64.8 Å². The van der Waals surface area contributed by atoms with Crippen molar-refractivity contribution in [3.05, 3.63) is 65.7 Å². The van der Waals surface area contributed by atoms with E-state index in [1.54, 1.807) is 0 Å². The van der Waals surface area contributed by atoms with Crippen molar-refractivity contribution in [3.8, 4) is 5.75 Å². The fraction of sp³-hybridized carbons (Fsp3) is 0.176. The number of hydrogen-bond donors (Lipinski definition) is 1. The van der Waals surface area contributed by atoms with E-state index in [0.717, 1.165) is 17.8 Å². The molecule has 0 saturated heterocycles. The number of rotatable bonds is 7. The molecule has 138 valence electrons. The summed E-state index contributed by atoms with van der Waals surface area (Å²) in [5.74, 6) is 0.152. The molecule has 0 saturated carbocycles. The second kappa shape index (κ2) is 9.23. The summed E-state index contributed by atoms with van der Waals surface area (Å²) in [6, 6.07) is 15.0. The van der Waals surface area contributed by atoms with Gasteiger partial charge >= 0.3 is 12.5 Å². The third kappa shape index (κ3) is 6.07. The highest BCUT2D eigenvalue weighted by atomic mass is 32.2. The van der Waals surface area contributed by atoms with Crippen LogP contribution >= 0.6 is 11.8 Å². The summed E-state index contributed by atoms with van der Waals surface area (Å²) in [5, 5.41) is 7.60. The maximum absolute atomic E-state index is 13.1. The highest BCUT2D eigenvalue weighted by Crippen LogP contribution is 2.29. The zero-order valence-corrected chi connectivity index (χ0v) is 14.2. The quantitative estimate of drug-likeness (QED) is 0.330. The minimum Gasteiger partial charge on any atom is -0.428 e. The summed E-state index contributed by atoms with van der Waals surface area (Å²) in [6.07, 6.45) is -7.44. The molecule has 0 aromatic heterocycles. The van der Waals surface area contributed by atoms with Crippen LogP contribution in [0.3, 0.4) is 0 Å². The number of ether oxygens (including phenoxy) is 1. The summed E-state index contributed by atoms with van der Waals surface area (Å²) in [4.78, 5) is 0. The third-order valence-corrected chi connectivity index (χ3v) is 3.86. The van der Waals surface area contributed by atoms with Crippen LogP contribution in [-0.2, 0) is 5.75 Å². The van der Waals surface area contributed by atoms with E-state index in [9.17, 15) is 17.6 Å². The number of amidine groups is 1. The topological polar surface area (TPSA) is 60.0 Å². The van der Waals surface area contributed by atoms with Crippen LogP contribution in [0.1, 0.15) is 11.1 Å². The molecule has 0 spiro atoms. The van der Waals surface area contributed by atoms with E-state index in [-0.39, 0.29) is 10.7 Å². The molecule has 2 aromatic rings. The summed E-state index contributed by atoms with van der Waals surface area (Å²) in [7, 11) is 0. The van der Waals surface area contributed by atoms with Gasteiger partial charge in [-0.2, -0.15) is 22.7 Å². The highest BCUT2D eigenvalue weighted by molar-refractivity contribution is 8.13. The first kappa shape index (κ1) is 19.8. The lowest BCUT2D eigenvalue weighted by Gasteiger charge is -2.17. The van der Waals surface area contributed by atoms with Crippen molar-refractivity contribution < 1.29 is 22.3 Å². The Hall–Kier alpha value is -2.55. The smallest absolute Gasteiger partial charge is 0.428 e. The molecule has 2 N–H and O–H groups in total. The molecule has 0 aliphatic heterocycles. The number of hydrogen-bond acceptors (Lipinski definition) is 4. The van der Waals surface area contributed by atoms with Gasteiger partial charge in [0.1, 0.15) is 5.75 Å². The molecule has 4 nitrogen and oxygen atoms in total. The Morgan fingerprint density at radius 1 is 1.12 bits per heavy atom. The van der Waals surface area contributed by atoms with E-state index < -0.39 is 18.3 Å². The van der Waals surface area contributed by atoms with Gasteiger partial charge in [-0.05, 0) is 17.7 Å².